The lowest BCUT2D eigenvalue weighted by atomic mass is 9.58. The molecule has 0 aliphatic carbocycles. The molecule has 2 amide bonds. The largest absolute Gasteiger partial charge is 0.355 e. The molecule has 3 atom stereocenters. The van der Waals surface area contributed by atoms with E-state index < -0.39 is 5.41 Å². The molecule has 162 valence electrons. The number of anilines is 1. The average molecular weight is 465 g/mol. The fraction of sp³-hybridized carbons (Fsp3) is 0.231. The Hall–Kier alpha value is -2.82. The fourth-order valence-corrected chi connectivity index (χ4v) is 5.87. The average Bonchev–Trinajstić information content (AvgIpc) is 2.94. The first kappa shape index (κ1) is 21.0. The first-order chi connectivity index (χ1) is 15.4. The van der Waals surface area contributed by atoms with Crippen LogP contribution in [0.1, 0.15) is 40.5 Å². The zero-order chi connectivity index (χ0) is 22.5. The lowest BCUT2D eigenvalue weighted by Crippen LogP contribution is -2.47. The van der Waals surface area contributed by atoms with E-state index in [1.165, 1.54) is 0 Å². The van der Waals surface area contributed by atoms with E-state index in [0.717, 1.165) is 22.3 Å². The van der Waals surface area contributed by atoms with E-state index in [1.807, 2.05) is 67.6 Å². The number of hydrogen-bond acceptors (Lipinski definition) is 2. The monoisotopic (exact) mass is 464 g/mol. The number of carbonyl (C=O) groups excluding carboxylic acids is 2. The van der Waals surface area contributed by atoms with Gasteiger partial charge in [0.15, 0.2) is 0 Å². The topological polar surface area (TPSA) is 58.2 Å². The second-order valence-electron chi connectivity index (χ2n) is 8.54. The molecule has 2 aliphatic heterocycles. The third-order valence-electron chi connectivity index (χ3n) is 6.86. The second-order valence-corrected chi connectivity index (χ2v) is 9.41. The Kier molecular flexibility index (Phi) is 5.23. The first-order valence-corrected chi connectivity index (χ1v) is 11.4. The molecule has 5 rings (SSSR count). The molecule has 0 saturated carbocycles. The van der Waals surface area contributed by atoms with Gasteiger partial charge >= 0.3 is 0 Å². The van der Waals surface area contributed by atoms with Crippen LogP contribution in [0.4, 0.5) is 5.69 Å². The van der Waals surface area contributed by atoms with Gasteiger partial charge in [-0.3, -0.25) is 9.59 Å². The second kappa shape index (κ2) is 7.95. The van der Waals surface area contributed by atoms with Crippen molar-refractivity contribution in [2.45, 2.75) is 30.6 Å². The van der Waals surface area contributed by atoms with Crippen molar-refractivity contribution in [3.63, 3.8) is 0 Å². The third kappa shape index (κ3) is 3.21. The molecule has 4 nitrogen and oxygen atoms in total. The van der Waals surface area contributed by atoms with Crippen LogP contribution in [-0.4, -0.2) is 18.4 Å². The number of nitrogens with one attached hydrogen (secondary N) is 2. The molecule has 0 aromatic heterocycles. The highest BCUT2D eigenvalue weighted by Crippen LogP contribution is 2.57. The summed E-state index contributed by atoms with van der Waals surface area (Å²) in [4.78, 5) is 27.0. The maximum Gasteiger partial charge on any atom is 0.236 e. The molecule has 2 aliphatic rings. The van der Waals surface area contributed by atoms with Crippen molar-refractivity contribution in [3.05, 3.63) is 99.0 Å². The first-order valence-electron chi connectivity index (χ1n) is 10.6. The number of halogens is 2. The number of fused-ring (bicyclic) bond motifs is 2. The Morgan fingerprint density at radius 2 is 1.69 bits per heavy atom. The predicted octanol–water partition coefficient (Wildman–Crippen LogP) is 5.58. The summed E-state index contributed by atoms with van der Waals surface area (Å²) >= 11 is 12.6. The van der Waals surface area contributed by atoms with Gasteiger partial charge in [0.2, 0.25) is 11.8 Å². The zero-order valence-corrected chi connectivity index (χ0v) is 19.0. The molecule has 2 heterocycles. The predicted molar refractivity (Wildman–Crippen MR) is 127 cm³/mol. The summed E-state index contributed by atoms with van der Waals surface area (Å²) in [5.74, 6) is -0.876. The molecule has 2 N–H and O–H groups in total. The molecule has 1 fully saturated rings. The van der Waals surface area contributed by atoms with E-state index in [4.69, 9.17) is 23.2 Å². The van der Waals surface area contributed by atoms with Gasteiger partial charge in [-0.15, -0.1) is 0 Å². The van der Waals surface area contributed by atoms with Gasteiger partial charge in [0, 0.05) is 40.5 Å². The fourth-order valence-electron chi connectivity index (χ4n) is 5.50. The minimum absolute atomic E-state index is 0.0719. The van der Waals surface area contributed by atoms with Gasteiger partial charge in [-0.05, 0) is 53.4 Å². The van der Waals surface area contributed by atoms with Crippen molar-refractivity contribution in [2.75, 3.05) is 11.9 Å². The minimum atomic E-state index is -1.00. The van der Waals surface area contributed by atoms with Gasteiger partial charge < -0.3 is 10.6 Å². The summed E-state index contributed by atoms with van der Waals surface area (Å²) in [6, 6.07) is 21.1. The van der Waals surface area contributed by atoms with E-state index in [2.05, 4.69) is 10.6 Å². The molecule has 2 unspecified atom stereocenters. The van der Waals surface area contributed by atoms with Crippen molar-refractivity contribution in [2.24, 2.45) is 0 Å². The van der Waals surface area contributed by atoms with Gasteiger partial charge in [0.25, 0.3) is 0 Å². The van der Waals surface area contributed by atoms with Crippen molar-refractivity contribution in [1.29, 1.82) is 0 Å². The summed E-state index contributed by atoms with van der Waals surface area (Å²) in [5, 5.41) is 7.28. The molecule has 32 heavy (non-hydrogen) atoms. The third-order valence-corrected chi connectivity index (χ3v) is 7.33. The number of hydrogen-bond donors (Lipinski definition) is 2. The van der Waals surface area contributed by atoms with Crippen molar-refractivity contribution in [3.8, 4) is 0 Å². The molecule has 3 aromatic rings. The Morgan fingerprint density at radius 1 is 0.906 bits per heavy atom. The summed E-state index contributed by atoms with van der Waals surface area (Å²) in [7, 11) is 0. The highest BCUT2D eigenvalue weighted by molar-refractivity contribution is 6.31. The Labute approximate surface area is 196 Å². The molecule has 0 radical (unpaired) electrons. The van der Waals surface area contributed by atoms with Crippen LogP contribution in [0.3, 0.4) is 0 Å². The normalized spacial score (nSPS) is 24.6. The van der Waals surface area contributed by atoms with Gasteiger partial charge in [0.05, 0.1) is 5.41 Å². The molecule has 1 spiro atoms. The highest BCUT2D eigenvalue weighted by atomic mass is 35.5. The van der Waals surface area contributed by atoms with Crippen molar-refractivity contribution in [1.82, 2.24) is 5.32 Å². The summed E-state index contributed by atoms with van der Waals surface area (Å²) < 4.78 is 0. The number of rotatable bonds is 2. The quantitative estimate of drug-likeness (QED) is 0.519. The highest BCUT2D eigenvalue weighted by Gasteiger charge is 2.59. The number of benzene rings is 3. The Bertz CT molecular complexity index is 1240. The van der Waals surface area contributed by atoms with Crippen LogP contribution >= 0.6 is 23.2 Å². The molecule has 6 heteroatoms. The summed E-state index contributed by atoms with van der Waals surface area (Å²) in [6.07, 6.45) is 0.206. The van der Waals surface area contributed by atoms with E-state index in [1.54, 1.807) is 6.07 Å². The molecular formula is C26H22Cl2N2O2. The number of amides is 2. The van der Waals surface area contributed by atoms with Gasteiger partial charge in [-0.25, -0.2) is 0 Å². The van der Waals surface area contributed by atoms with E-state index >= 15 is 0 Å². The number of aryl methyl sites for hydroxylation is 1. The van der Waals surface area contributed by atoms with Crippen molar-refractivity contribution >= 4 is 40.7 Å². The molecular weight excluding hydrogens is 443 g/mol. The smallest absolute Gasteiger partial charge is 0.236 e. The van der Waals surface area contributed by atoms with E-state index in [9.17, 15) is 9.59 Å². The van der Waals surface area contributed by atoms with Gasteiger partial charge in [-0.2, -0.15) is 0 Å². The van der Waals surface area contributed by atoms with Crippen LogP contribution in [-0.2, 0) is 15.0 Å². The van der Waals surface area contributed by atoms with Crippen LogP contribution in [0.2, 0.25) is 10.0 Å². The minimum Gasteiger partial charge on any atom is -0.355 e. The Morgan fingerprint density at radius 3 is 2.47 bits per heavy atom. The lowest BCUT2D eigenvalue weighted by molar-refractivity contribution is -0.123. The number of carbonyl (C=O) groups is 2. The van der Waals surface area contributed by atoms with Crippen LogP contribution in [0.15, 0.2) is 66.7 Å². The van der Waals surface area contributed by atoms with Gasteiger partial charge in [-0.1, -0.05) is 65.7 Å². The molecule has 3 aromatic carbocycles. The lowest BCUT2D eigenvalue weighted by Gasteiger charge is -2.41. The van der Waals surface area contributed by atoms with Crippen LogP contribution < -0.4 is 10.6 Å². The van der Waals surface area contributed by atoms with Crippen LogP contribution in [0.25, 0.3) is 0 Å². The SMILES string of the molecule is Cc1ccccc1[C@@H]1CC(=O)NCC(c2cccc(Cl)c2)C12C(=O)Nc1cc(Cl)ccc12. The zero-order valence-electron chi connectivity index (χ0n) is 17.5. The standard InChI is InChI=1S/C26H22Cl2N2O2/c1-15-5-2-3-8-19(15)21-13-24(31)29-14-22(16-6-4-7-17(27)11-16)26(21)20-10-9-18(28)12-23(20)30-25(26)32/h2-12,21-22H,13-14H2,1H3,(H,29,31)(H,30,32)/t21-,22?,26?/m0/s1. The van der Waals surface area contributed by atoms with Crippen molar-refractivity contribution < 1.29 is 9.59 Å². The van der Waals surface area contributed by atoms with E-state index in [0.29, 0.717) is 22.3 Å². The Balaban J connectivity index is 1.85. The molecule has 0 bridgehead atoms. The van der Waals surface area contributed by atoms with Gasteiger partial charge in [0.1, 0.15) is 0 Å². The molecule has 1 saturated heterocycles. The summed E-state index contributed by atoms with van der Waals surface area (Å²) in [5.41, 5.74) is 3.51. The maximum atomic E-state index is 14.0. The van der Waals surface area contributed by atoms with Crippen LogP contribution in [0, 0.1) is 6.92 Å². The van der Waals surface area contributed by atoms with Crippen LogP contribution in [0.5, 0.6) is 0 Å². The van der Waals surface area contributed by atoms with E-state index in [-0.39, 0.29) is 30.1 Å². The maximum absolute atomic E-state index is 14.0. The summed E-state index contributed by atoms with van der Waals surface area (Å²) in [6.45, 7) is 2.35.